The quantitative estimate of drug-likeness (QED) is 0.368. The van der Waals surface area contributed by atoms with Crippen molar-refractivity contribution in [3.8, 4) is 0 Å². The summed E-state index contributed by atoms with van der Waals surface area (Å²) < 4.78 is 0.522. The molecule has 1 fully saturated rings. The van der Waals surface area contributed by atoms with Gasteiger partial charge in [0.15, 0.2) is 0 Å². The number of pyridine rings is 1. The Labute approximate surface area is 98.7 Å². The smallest absolute Gasteiger partial charge is 0.258 e. The highest BCUT2D eigenvalue weighted by Gasteiger charge is 2.50. The van der Waals surface area contributed by atoms with Crippen molar-refractivity contribution >= 4 is 27.7 Å². The third-order valence-corrected chi connectivity index (χ3v) is 2.89. The Bertz CT molecular complexity index is 507. The lowest BCUT2D eigenvalue weighted by Crippen LogP contribution is -2.09. The molecule has 0 amide bonds. The molecule has 0 bridgehead atoms. The molecule has 1 aromatic heterocycles. The average molecular weight is 284 g/mol. The highest BCUT2D eigenvalue weighted by Crippen LogP contribution is 2.51. The number of nitro groups is 1. The van der Waals surface area contributed by atoms with Gasteiger partial charge in [0.25, 0.3) is 5.69 Å². The summed E-state index contributed by atoms with van der Waals surface area (Å²) in [5.41, 5.74) is -0.694. The zero-order valence-corrected chi connectivity index (χ0v) is 9.60. The second-order valence-corrected chi connectivity index (χ2v) is 4.43. The summed E-state index contributed by atoms with van der Waals surface area (Å²) in [6.07, 6.45) is 4.10. The number of nitrogens with zero attached hydrogens (tertiary/aromatic N) is 3. The van der Waals surface area contributed by atoms with Gasteiger partial charge in [0.2, 0.25) is 6.08 Å². The largest absolute Gasteiger partial charge is 0.294 e. The monoisotopic (exact) mass is 283 g/mol. The van der Waals surface area contributed by atoms with Gasteiger partial charge < -0.3 is 0 Å². The van der Waals surface area contributed by atoms with Gasteiger partial charge in [0.1, 0.15) is 11.2 Å². The van der Waals surface area contributed by atoms with Gasteiger partial charge in [-0.1, -0.05) is 0 Å². The van der Waals surface area contributed by atoms with Gasteiger partial charge in [0.05, 0.1) is 4.92 Å². The standard InChI is InChI=1S/C9H6BrN3O3/c10-6-3-7(13(15)16)8(11-4-6)9(1-2-9)12-5-14/h3-4H,1-2H2. The minimum atomic E-state index is -0.815. The molecule has 6 nitrogen and oxygen atoms in total. The molecule has 0 radical (unpaired) electrons. The number of halogens is 1. The molecule has 1 aliphatic rings. The molecule has 1 saturated carbocycles. The summed E-state index contributed by atoms with van der Waals surface area (Å²) in [5.74, 6) is 0. The Morgan fingerprint density at radius 1 is 1.62 bits per heavy atom. The van der Waals surface area contributed by atoms with Crippen molar-refractivity contribution in [2.75, 3.05) is 0 Å². The Hall–Kier alpha value is -1.59. The lowest BCUT2D eigenvalue weighted by atomic mass is 10.1. The molecule has 1 aromatic rings. The summed E-state index contributed by atoms with van der Waals surface area (Å²) in [7, 11) is 0. The maximum Gasteiger partial charge on any atom is 0.294 e. The minimum Gasteiger partial charge on any atom is -0.258 e. The van der Waals surface area contributed by atoms with Crippen molar-refractivity contribution in [1.82, 2.24) is 4.98 Å². The Morgan fingerprint density at radius 3 is 2.81 bits per heavy atom. The van der Waals surface area contributed by atoms with E-state index in [4.69, 9.17) is 0 Å². The first kappa shape index (κ1) is 10.9. The van der Waals surface area contributed by atoms with E-state index in [0.717, 1.165) is 0 Å². The first-order valence-corrected chi connectivity index (χ1v) is 5.28. The fourth-order valence-corrected chi connectivity index (χ4v) is 1.85. The summed E-state index contributed by atoms with van der Waals surface area (Å²) in [6, 6.07) is 1.36. The van der Waals surface area contributed by atoms with E-state index >= 15 is 0 Å². The number of hydrogen-bond acceptors (Lipinski definition) is 5. The highest BCUT2D eigenvalue weighted by atomic mass is 79.9. The number of hydrogen-bond donors (Lipinski definition) is 0. The van der Waals surface area contributed by atoms with Gasteiger partial charge in [-0.15, -0.1) is 0 Å². The maximum absolute atomic E-state index is 10.9. The summed E-state index contributed by atoms with van der Waals surface area (Å²) in [5, 5.41) is 10.9. The zero-order chi connectivity index (χ0) is 11.8. The van der Waals surface area contributed by atoms with E-state index in [1.54, 1.807) is 0 Å². The summed E-state index contributed by atoms with van der Waals surface area (Å²) in [4.78, 5) is 28.2. The molecule has 16 heavy (non-hydrogen) atoms. The molecule has 7 heteroatoms. The predicted octanol–water partition coefficient (Wildman–Crippen LogP) is 2.08. The summed E-state index contributed by atoms with van der Waals surface area (Å²) >= 11 is 3.12. The van der Waals surface area contributed by atoms with Gasteiger partial charge in [-0.2, -0.15) is 4.99 Å². The van der Waals surface area contributed by atoms with Crippen molar-refractivity contribution < 1.29 is 9.72 Å². The summed E-state index contributed by atoms with van der Waals surface area (Å²) in [6.45, 7) is 0. The number of aromatic nitrogens is 1. The van der Waals surface area contributed by atoms with Gasteiger partial charge in [-0.05, 0) is 28.8 Å². The van der Waals surface area contributed by atoms with Crippen LogP contribution in [0.5, 0.6) is 0 Å². The molecule has 0 saturated heterocycles. The normalized spacial score (nSPS) is 16.3. The Kier molecular flexibility index (Phi) is 2.57. The van der Waals surface area contributed by atoms with Gasteiger partial charge in [0, 0.05) is 16.7 Å². The molecule has 0 atom stereocenters. The van der Waals surface area contributed by atoms with Crippen LogP contribution in [0, 0.1) is 10.1 Å². The molecular weight excluding hydrogens is 278 g/mol. The molecule has 0 aliphatic heterocycles. The van der Waals surface area contributed by atoms with Crippen LogP contribution in [0.25, 0.3) is 0 Å². The maximum atomic E-state index is 10.9. The zero-order valence-electron chi connectivity index (χ0n) is 8.01. The second kappa shape index (κ2) is 3.77. The van der Waals surface area contributed by atoms with Crippen molar-refractivity contribution in [3.63, 3.8) is 0 Å². The molecule has 82 valence electrons. The van der Waals surface area contributed by atoms with E-state index in [0.29, 0.717) is 17.3 Å². The van der Waals surface area contributed by atoms with E-state index in [-0.39, 0.29) is 11.4 Å². The molecule has 0 aromatic carbocycles. The lowest BCUT2D eigenvalue weighted by molar-refractivity contribution is -0.386. The van der Waals surface area contributed by atoms with Crippen LogP contribution >= 0.6 is 15.9 Å². The molecule has 2 rings (SSSR count). The Balaban J connectivity index is 2.57. The fourth-order valence-electron chi connectivity index (χ4n) is 1.53. The van der Waals surface area contributed by atoms with Crippen LogP contribution in [0.3, 0.4) is 0 Å². The van der Waals surface area contributed by atoms with Crippen LogP contribution in [0.1, 0.15) is 18.5 Å². The van der Waals surface area contributed by atoms with Crippen LogP contribution in [-0.2, 0) is 10.3 Å². The van der Waals surface area contributed by atoms with E-state index in [9.17, 15) is 14.9 Å². The average Bonchev–Trinajstić information content (AvgIpc) is 2.99. The molecular formula is C9H6BrN3O3. The van der Waals surface area contributed by atoms with Gasteiger partial charge in [-0.3, -0.25) is 15.1 Å². The third-order valence-electron chi connectivity index (χ3n) is 2.45. The fraction of sp³-hybridized carbons (Fsp3) is 0.333. The second-order valence-electron chi connectivity index (χ2n) is 3.51. The first-order valence-electron chi connectivity index (χ1n) is 4.48. The number of isocyanates is 1. The van der Waals surface area contributed by atoms with Crippen LogP contribution < -0.4 is 0 Å². The van der Waals surface area contributed by atoms with E-state index in [1.165, 1.54) is 18.3 Å². The molecule has 0 N–H and O–H groups in total. The third kappa shape index (κ3) is 1.75. The Morgan fingerprint density at radius 2 is 2.31 bits per heavy atom. The first-order chi connectivity index (χ1) is 7.59. The van der Waals surface area contributed by atoms with Crippen molar-refractivity contribution in [3.05, 3.63) is 32.5 Å². The van der Waals surface area contributed by atoms with Crippen LogP contribution in [0.15, 0.2) is 21.7 Å². The predicted molar refractivity (Wildman–Crippen MR) is 57.6 cm³/mol. The van der Waals surface area contributed by atoms with E-state index < -0.39 is 10.5 Å². The van der Waals surface area contributed by atoms with Crippen LogP contribution in [0.2, 0.25) is 0 Å². The molecule has 0 spiro atoms. The van der Waals surface area contributed by atoms with Crippen LogP contribution in [-0.4, -0.2) is 16.0 Å². The number of rotatable bonds is 3. The molecule has 1 aliphatic carbocycles. The van der Waals surface area contributed by atoms with Crippen LogP contribution in [0.4, 0.5) is 5.69 Å². The minimum absolute atomic E-state index is 0.120. The van der Waals surface area contributed by atoms with E-state index in [1.807, 2.05) is 0 Å². The highest BCUT2D eigenvalue weighted by molar-refractivity contribution is 9.10. The number of aliphatic imine (C=N–C) groups is 1. The topological polar surface area (TPSA) is 85.5 Å². The van der Waals surface area contributed by atoms with E-state index in [2.05, 4.69) is 25.9 Å². The van der Waals surface area contributed by atoms with Crippen molar-refractivity contribution in [2.24, 2.45) is 4.99 Å². The molecule has 1 heterocycles. The molecule has 0 unspecified atom stereocenters. The van der Waals surface area contributed by atoms with Gasteiger partial charge >= 0.3 is 0 Å². The lowest BCUT2D eigenvalue weighted by Gasteiger charge is -2.07. The van der Waals surface area contributed by atoms with Crippen molar-refractivity contribution in [2.45, 2.75) is 18.4 Å². The number of carbonyl (C=O) groups excluding carboxylic acids is 1. The van der Waals surface area contributed by atoms with Gasteiger partial charge in [-0.25, -0.2) is 4.79 Å². The SMILES string of the molecule is O=C=NC1(c2ncc(Br)cc2[N+](=O)[O-])CC1. The van der Waals surface area contributed by atoms with Crippen molar-refractivity contribution in [1.29, 1.82) is 0 Å².